The first-order chi connectivity index (χ1) is 40.2. The van der Waals surface area contributed by atoms with Crippen LogP contribution in [0.2, 0.25) is 0 Å². The van der Waals surface area contributed by atoms with Gasteiger partial charge in [0.2, 0.25) is 59.1 Å². The summed E-state index contributed by atoms with van der Waals surface area (Å²) < 4.78 is 4.64. The molecule has 0 bridgehead atoms. The van der Waals surface area contributed by atoms with Gasteiger partial charge in [0, 0.05) is 42.7 Å². The van der Waals surface area contributed by atoms with Crippen LogP contribution in [0, 0.1) is 5.92 Å². The number of nitrogens with two attached hydrogens (primary N) is 3. The van der Waals surface area contributed by atoms with E-state index < -0.39 is 124 Å². The number of primary amides is 2. The summed E-state index contributed by atoms with van der Waals surface area (Å²) in [5.41, 5.74) is 19.2. The molecule has 10 amide bonds. The lowest BCUT2D eigenvalue weighted by atomic mass is 9.85. The monoisotopic (exact) mass is 1200 g/mol. The average molecular weight is 1200 g/mol. The second kappa shape index (κ2) is 32.0. The summed E-state index contributed by atoms with van der Waals surface area (Å²) in [6.45, 7) is 3.66. The summed E-state index contributed by atoms with van der Waals surface area (Å²) in [7, 11) is 4.12. The minimum atomic E-state index is -1.66. The van der Waals surface area contributed by atoms with Crippen molar-refractivity contribution in [1.82, 2.24) is 42.1 Å². The van der Waals surface area contributed by atoms with Crippen molar-refractivity contribution in [1.29, 1.82) is 0 Å². The summed E-state index contributed by atoms with van der Waals surface area (Å²) >= 11 is 0. The lowest BCUT2D eigenvalue weighted by Crippen LogP contribution is -2.62. The van der Waals surface area contributed by atoms with Crippen LogP contribution in [-0.2, 0) is 67.2 Å². The predicted molar refractivity (Wildman–Crippen MR) is 318 cm³/mol. The van der Waals surface area contributed by atoms with Crippen LogP contribution in [0.25, 0.3) is 0 Å². The summed E-state index contributed by atoms with van der Waals surface area (Å²) in [6, 6.07) is 11.5. The van der Waals surface area contributed by atoms with Crippen LogP contribution in [0.15, 0.2) is 78.9 Å². The number of phenols is 1. The van der Waals surface area contributed by atoms with Crippen LogP contribution in [0.5, 0.6) is 11.5 Å². The number of nitrogens with one attached hydrogen (secondary N) is 7. The van der Waals surface area contributed by atoms with Crippen molar-refractivity contribution < 1.29 is 57.8 Å². The zero-order valence-corrected chi connectivity index (χ0v) is 49.5. The van der Waals surface area contributed by atoms with E-state index in [2.05, 4.69) is 37.2 Å². The number of hydrogen-bond acceptors (Lipinski definition) is 15. The smallest absolute Gasteiger partial charge is 0.246 e. The molecule has 0 aromatic heterocycles. The Kier molecular flexibility index (Phi) is 25.1. The molecule has 1 saturated carbocycles. The second-order valence-electron chi connectivity index (χ2n) is 22.1. The van der Waals surface area contributed by atoms with Gasteiger partial charge in [0.25, 0.3) is 0 Å². The maximum atomic E-state index is 15.1. The normalized spacial score (nSPS) is 22.7. The molecular formula is C59H81N11O12S2. The molecule has 14 N–H and O–H groups in total. The van der Waals surface area contributed by atoms with Gasteiger partial charge in [0.15, 0.2) is 0 Å². The lowest BCUT2D eigenvalue weighted by Gasteiger charge is -2.37. The fourth-order valence-corrected chi connectivity index (χ4v) is 14.0. The largest absolute Gasteiger partial charge is 0.508 e. The van der Waals surface area contributed by atoms with Crippen molar-refractivity contribution in [3.8, 4) is 11.5 Å². The first kappa shape index (κ1) is 65.8. The number of unbranched alkanes of at least 4 members (excludes halogenated alkanes) is 1. The van der Waals surface area contributed by atoms with Crippen LogP contribution in [-0.4, -0.2) is 148 Å². The van der Waals surface area contributed by atoms with Crippen LogP contribution in [0.3, 0.4) is 0 Å². The van der Waals surface area contributed by atoms with Gasteiger partial charge < -0.3 is 69.2 Å². The molecule has 6 rings (SSSR count). The van der Waals surface area contributed by atoms with Gasteiger partial charge in [-0.25, -0.2) is 0 Å². The number of likely N-dealkylation sites (tertiary alicyclic amines) is 1. The molecule has 2 heterocycles. The third kappa shape index (κ3) is 19.6. The first-order valence-electron chi connectivity index (χ1n) is 28.6. The fourth-order valence-electron chi connectivity index (χ4n) is 10.6. The number of carbonyl (C=O) groups excluding carboxylic acids is 10. The second-order valence-corrected chi connectivity index (χ2v) is 24.9. The molecule has 1 spiro atoms. The van der Waals surface area contributed by atoms with E-state index in [-0.39, 0.29) is 56.6 Å². The highest BCUT2D eigenvalue weighted by Crippen LogP contribution is 2.48. The molecule has 25 heteroatoms. The zero-order valence-electron chi connectivity index (χ0n) is 47.9. The number of benzene rings is 3. The molecule has 2 aliphatic heterocycles. The van der Waals surface area contributed by atoms with Crippen molar-refractivity contribution in [3.63, 3.8) is 0 Å². The fraction of sp³-hybridized carbons (Fsp3) is 0.525. The van der Waals surface area contributed by atoms with Gasteiger partial charge in [-0.2, -0.15) is 0 Å². The van der Waals surface area contributed by atoms with Crippen molar-refractivity contribution in [2.45, 2.75) is 163 Å². The minimum Gasteiger partial charge on any atom is -0.508 e. The van der Waals surface area contributed by atoms with Gasteiger partial charge in [0.1, 0.15) is 59.8 Å². The number of phenolic OH excluding ortho intramolecular Hbond substituents is 1. The molecule has 2 saturated heterocycles. The number of ether oxygens (including phenoxy) is 1. The highest BCUT2D eigenvalue weighted by atomic mass is 33.1. The lowest BCUT2D eigenvalue weighted by molar-refractivity contribution is -0.142. The van der Waals surface area contributed by atoms with Crippen LogP contribution < -0.4 is 59.2 Å². The van der Waals surface area contributed by atoms with Crippen molar-refractivity contribution in [2.24, 2.45) is 23.1 Å². The summed E-state index contributed by atoms with van der Waals surface area (Å²) in [5, 5.41) is 29.2. The Labute approximate surface area is 497 Å². The molecule has 8 atom stereocenters. The average Bonchev–Trinajstić information content (AvgIpc) is 4.17. The van der Waals surface area contributed by atoms with E-state index in [1.807, 2.05) is 0 Å². The number of nitrogens with zero attached hydrogens (tertiary/aromatic N) is 1. The zero-order chi connectivity index (χ0) is 60.9. The molecule has 3 aromatic rings. The van der Waals surface area contributed by atoms with E-state index in [0.717, 1.165) is 19.3 Å². The Morgan fingerprint density at radius 1 is 0.726 bits per heavy atom. The summed E-state index contributed by atoms with van der Waals surface area (Å²) in [4.78, 5) is 143. The van der Waals surface area contributed by atoms with E-state index in [0.29, 0.717) is 61.1 Å². The van der Waals surface area contributed by atoms with E-state index in [1.54, 1.807) is 80.6 Å². The van der Waals surface area contributed by atoms with E-state index in [4.69, 9.17) is 21.9 Å². The maximum absolute atomic E-state index is 15.1. The Morgan fingerprint density at radius 2 is 1.35 bits per heavy atom. The quantitative estimate of drug-likeness (QED) is 0.0563. The van der Waals surface area contributed by atoms with Gasteiger partial charge in [-0.1, -0.05) is 109 Å². The molecule has 0 radical (unpaired) electrons. The maximum Gasteiger partial charge on any atom is 0.246 e. The van der Waals surface area contributed by atoms with Gasteiger partial charge in [-0.15, -0.1) is 0 Å². The number of methoxy groups -OCH3 is 1. The molecule has 3 aliphatic rings. The predicted octanol–water partition coefficient (Wildman–Crippen LogP) is 1.45. The van der Waals surface area contributed by atoms with E-state index >= 15 is 4.79 Å². The van der Waals surface area contributed by atoms with Crippen LogP contribution >= 0.6 is 21.6 Å². The molecule has 3 unspecified atom stereocenters. The van der Waals surface area contributed by atoms with E-state index in [9.17, 15) is 48.3 Å². The topological polar surface area (TPSA) is 366 Å². The van der Waals surface area contributed by atoms with Gasteiger partial charge in [-0.3, -0.25) is 47.9 Å². The van der Waals surface area contributed by atoms with Crippen molar-refractivity contribution in [2.75, 3.05) is 26.0 Å². The first-order valence-corrected chi connectivity index (χ1v) is 30.9. The third-order valence-electron chi connectivity index (χ3n) is 15.2. The van der Waals surface area contributed by atoms with Crippen LogP contribution in [0.4, 0.5) is 0 Å². The van der Waals surface area contributed by atoms with Crippen molar-refractivity contribution in [3.05, 3.63) is 95.6 Å². The molecule has 84 heavy (non-hydrogen) atoms. The van der Waals surface area contributed by atoms with Gasteiger partial charge in [0.05, 0.1) is 13.5 Å². The minimum absolute atomic E-state index is 0.00351. The highest BCUT2D eigenvalue weighted by molar-refractivity contribution is 8.77. The molecule has 1 aliphatic carbocycles. The number of amides is 10. The number of carbonyl (C=O) groups is 10. The Balaban J connectivity index is 1.32. The summed E-state index contributed by atoms with van der Waals surface area (Å²) in [5.74, 6) is -7.75. The molecular weight excluding hydrogens is 1120 g/mol. The van der Waals surface area contributed by atoms with Crippen LogP contribution in [0.1, 0.15) is 108 Å². The molecule has 3 fully saturated rings. The highest BCUT2D eigenvalue weighted by Gasteiger charge is 2.43. The Bertz CT molecular complexity index is 2770. The summed E-state index contributed by atoms with van der Waals surface area (Å²) in [6.07, 6.45) is 4.46. The third-order valence-corrected chi connectivity index (χ3v) is 18.6. The molecule has 456 valence electrons. The molecule has 23 nitrogen and oxygen atoms in total. The Morgan fingerprint density at radius 3 is 1.98 bits per heavy atom. The standard InChI is InChI=1S/C59H81N11O12S2/c1-35(2)50-57(80)67-45(32-48(61)72)54(77)68-46(58(81)70-28-12-16-47(70)56(79)64-41(15-8-11-27-60)52(75)65-42(51(62)74)29-37-17-21-39(71)22-18-37)34-83-84-59(25-9-5-10-26-59)33-49(73)63-43(31-38-19-23-40(82-3)24-20-38)53(76)66-44(55(78)69-50)30-36-13-6-4-7-14-36/h4,6-7,13-14,17-24,35,41-47,50,71H,5,8-12,15-16,25-34,60H2,1-3H3,(H2,61,72)(H2,62,74)(H,63,73)(H,64,79)(H,65,75)(H,66,76)(H,67,80)(H,68,77)(H,69,78)/t41-,42+,43?,44?,45-,46?,47-,50-/m0/s1. The van der Waals surface area contributed by atoms with Gasteiger partial charge in [-0.05, 0) is 98.4 Å². The van der Waals surface area contributed by atoms with Gasteiger partial charge >= 0.3 is 0 Å². The SMILES string of the molecule is COc1ccc(CC2NC(=O)CC3(CCCCC3)SSCC(C(=O)N3CCC[C@H]3C(=O)N[C@@H](CCCCN)C(=O)N[C@H](Cc3ccc(O)cc3)C(N)=O)NC(=O)[C@H](CC(N)=O)NC(=O)[C@H](C(C)C)NC(=O)C(Cc3ccccc3)NC2=O)cc1. The number of aromatic hydroxyl groups is 1. The van der Waals surface area contributed by atoms with Crippen molar-refractivity contribution >= 4 is 80.7 Å². The Hall–Kier alpha value is -7.38. The number of hydrogen-bond donors (Lipinski definition) is 11. The van der Waals surface area contributed by atoms with E-state index in [1.165, 1.54) is 45.7 Å². The molecule has 3 aromatic carbocycles. The number of rotatable bonds is 20.